The first-order valence-corrected chi connectivity index (χ1v) is 8.15. The maximum atomic E-state index is 13.0. The van der Waals surface area contributed by atoms with E-state index in [4.69, 9.17) is 9.84 Å². The van der Waals surface area contributed by atoms with Gasteiger partial charge in [0.05, 0.1) is 24.4 Å². The number of nitrogens with one attached hydrogen (secondary N) is 1. The Bertz CT molecular complexity index is 540. The molecule has 7 nitrogen and oxygen atoms in total. The number of esters is 1. The van der Waals surface area contributed by atoms with Crippen LogP contribution in [-0.4, -0.2) is 59.9 Å². The van der Waals surface area contributed by atoms with E-state index in [1.165, 1.54) is 0 Å². The number of hydrogen-bond acceptors (Lipinski definition) is 4. The number of amides is 2. The molecule has 1 saturated heterocycles. The summed E-state index contributed by atoms with van der Waals surface area (Å²) in [5.41, 5.74) is 0. The molecule has 0 aromatic heterocycles. The normalized spacial score (nSPS) is 29.5. The highest BCUT2D eigenvalue weighted by molar-refractivity contribution is 5.78. The van der Waals surface area contributed by atoms with E-state index in [2.05, 4.69) is 5.32 Å². The largest absolute Gasteiger partial charge is 0.481 e. The minimum atomic E-state index is -4.68. The van der Waals surface area contributed by atoms with E-state index >= 15 is 0 Å². The molecule has 4 atom stereocenters. The number of carboxylic acids is 1. The van der Waals surface area contributed by atoms with Gasteiger partial charge in [0, 0.05) is 19.1 Å². The third-order valence-corrected chi connectivity index (χ3v) is 4.72. The van der Waals surface area contributed by atoms with Crippen molar-refractivity contribution in [3.05, 3.63) is 0 Å². The monoisotopic (exact) mass is 366 g/mol. The van der Waals surface area contributed by atoms with Crippen molar-refractivity contribution in [2.45, 2.75) is 38.4 Å². The lowest BCUT2D eigenvalue weighted by Gasteiger charge is -2.21. The number of urea groups is 1. The van der Waals surface area contributed by atoms with Crippen molar-refractivity contribution < 1.29 is 37.4 Å². The molecule has 25 heavy (non-hydrogen) atoms. The van der Waals surface area contributed by atoms with Crippen molar-refractivity contribution in [1.29, 1.82) is 0 Å². The number of aliphatic carboxylic acids is 1. The standard InChI is InChI=1S/C15H21F3N2O5/c1-2-25-13(23)8-3-4-9(5-8)19-14(24)20-6-10(12(21)22)11(7-20)15(16,17)18/h8-11H,2-7H2,1H3,(H,19,24)(H,21,22)/t8-,9+,10-,11-/m1/s1. The fourth-order valence-corrected chi connectivity index (χ4v) is 3.40. The molecule has 0 bridgehead atoms. The van der Waals surface area contributed by atoms with Crippen LogP contribution in [0.5, 0.6) is 0 Å². The topological polar surface area (TPSA) is 95.9 Å². The number of ether oxygens (including phenoxy) is 1. The minimum absolute atomic E-state index is 0.259. The molecule has 1 heterocycles. The molecular weight excluding hydrogens is 345 g/mol. The van der Waals surface area contributed by atoms with Crippen LogP contribution in [-0.2, 0) is 14.3 Å². The number of carboxylic acid groups (broad SMARTS) is 1. The summed E-state index contributed by atoms with van der Waals surface area (Å²) in [6, 6.07) is -1.07. The SMILES string of the molecule is CCOC(=O)[C@@H]1CC[C@H](NC(=O)N2C[C@@H](C(F)(F)F)[C@H](C(=O)O)C2)C1. The van der Waals surface area contributed by atoms with Crippen LogP contribution < -0.4 is 5.32 Å². The van der Waals surface area contributed by atoms with Gasteiger partial charge >= 0.3 is 24.1 Å². The van der Waals surface area contributed by atoms with Gasteiger partial charge in [0.25, 0.3) is 0 Å². The van der Waals surface area contributed by atoms with Gasteiger partial charge in [0.15, 0.2) is 0 Å². The Labute approximate surface area is 142 Å². The first-order chi connectivity index (χ1) is 11.6. The van der Waals surface area contributed by atoms with Crippen molar-refractivity contribution in [1.82, 2.24) is 10.2 Å². The summed E-state index contributed by atoms with van der Waals surface area (Å²) in [6.07, 6.45) is -3.26. The van der Waals surface area contributed by atoms with Crippen LogP contribution in [0.2, 0.25) is 0 Å². The molecule has 1 saturated carbocycles. The fraction of sp³-hybridized carbons (Fsp3) is 0.800. The predicted octanol–water partition coefficient (Wildman–Crippen LogP) is 1.62. The number of carbonyl (C=O) groups is 3. The highest BCUT2D eigenvalue weighted by atomic mass is 19.4. The van der Waals surface area contributed by atoms with Crippen LogP contribution in [0.4, 0.5) is 18.0 Å². The van der Waals surface area contributed by atoms with Gasteiger partial charge in [-0.25, -0.2) is 4.79 Å². The Morgan fingerprint density at radius 3 is 2.44 bits per heavy atom. The van der Waals surface area contributed by atoms with Crippen molar-refractivity contribution in [2.24, 2.45) is 17.8 Å². The van der Waals surface area contributed by atoms with E-state index in [-0.39, 0.29) is 24.5 Å². The van der Waals surface area contributed by atoms with E-state index in [0.717, 1.165) is 4.90 Å². The van der Waals surface area contributed by atoms with Gasteiger partial charge in [-0.05, 0) is 26.2 Å². The van der Waals surface area contributed by atoms with Crippen LogP contribution >= 0.6 is 0 Å². The minimum Gasteiger partial charge on any atom is -0.481 e. The lowest BCUT2D eigenvalue weighted by molar-refractivity contribution is -0.187. The average Bonchev–Trinajstić information content (AvgIpc) is 3.13. The van der Waals surface area contributed by atoms with Crippen LogP contribution in [0.15, 0.2) is 0 Å². The number of carbonyl (C=O) groups excluding carboxylic acids is 2. The molecule has 2 aliphatic rings. The van der Waals surface area contributed by atoms with Gasteiger partial charge in [-0.3, -0.25) is 9.59 Å². The van der Waals surface area contributed by atoms with E-state index in [9.17, 15) is 27.6 Å². The molecule has 0 unspecified atom stereocenters. The second-order valence-corrected chi connectivity index (χ2v) is 6.41. The first kappa shape index (κ1) is 19.3. The second-order valence-electron chi connectivity index (χ2n) is 6.41. The summed E-state index contributed by atoms with van der Waals surface area (Å²) in [5.74, 6) is -5.99. The quantitative estimate of drug-likeness (QED) is 0.737. The number of likely N-dealkylation sites (tertiary alicyclic amines) is 1. The summed E-state index contributed by atoms with van der Waals surface area (Å²) < 4.78 is 43.8. The zero-order chi connectivity index (χ0) is 18.8. The molecule has 0 aromatic carbocycles. The van der Waals surface area contributed by atoms with Crippen molar-refractivity contribution >= 4 is 18.0 Å². The van der Waals surface area contributed by atoms with Gasteiger partial charge in [-0.2, -0.15) is 13.2 Å². The molecule has 2 fully saturated rings. The number of alkyl halides is 3. The molecule has 0 aromatic rings. The fourth-order valence-electron chi connectivity index (χ4n) is 3.40. The van der Waals surface area contributed by atoms with Gasteiger partial charge in [0.1, 0.15) is 0 Å². The summed E-state index contributed by atoms with van der Waals surface area (Å²) in [4.78, 5) is 35.8. The predicted molar refractivity (Wildman–Crippen MR) is 78.5 cm³/mol. The number of rotatable bonds is 4. The highest BCUT2D eigenvalue weighted by Gasteiger charge is 2.53. The maximum Gasteiger partial charge on any atom is 0.394 e. The van der Waals surface area contributed by atoms with Crippen LogP contribution in [0, 0.1) is 17.8 Å². The second kappa shape index (κ2) is 7.49. The molecular formula is C15H21F3N2O5. The van der Waals surface area contributed by atoms with E-state index in [1.54, 1.807) is 6.92 Å². The Hall–Kier alpha value is -2.00. The third-order valence-electron chi connectivity index (χ3n) is 4.72. The highest BCUT2D eigenvalue weighted by Crippen LogP contribution is 2.38. The average molecular weight is 366 g/mol. The zero-order valence-electron chi connectivity index (χ0n) is 13.7. The molecule has 2 amide bonds. The van der Waals surface area contributed by atoms with E-state index in [0.29, 0.717) is 19.3 Å². The maximum absolute atomic E-state index is 13.0. The van der Waals surface area contributed by atoms with Crippen molar-refractivity contribution in [3.8, 4) is 0 Å². The Kier molecular flexibility index (Phi) is 5.79. The Balaban J connectivity index is 1.91. The van der Waals surface area contributed by atoms with Gasteiger partial charge in [-0.15, -0.1) is 0 Å². The van der Waals surface area contributed by atoms with E-state index < -0.39 is 43.1 Å². The molecule has 2 rings (SSSR count). The summed E-state index contributed by atoms with van der Waals surface area (Å²) >= 11 is 0. The summed E-state index contributed by atoms with van der Waals surface area (Å²) in [5, 5.41) is 11.6. The van der Waals surface area contributed by atoms with E-state index in [1.807, 2.05) is 0 Å². The molecule has 2 N–H and O–H groups in total. The summed E-state index contributed by atoms with van der Waals surface area (Å²) in [6.45, 7) is 0.782. The smallest absolute Gasteiger partial charge is 0.394 e. The lowest BCUT2D eigenvalue weighted by Crippen LogP contribution is -2.43. The molecule has 10 heteroatoms. The van der Waals surface area contributed by atoms with Crippen molar-refractivity contribution in [3.63, 3.8) is 0 Å². The van der Waals surface area contributed by atoms with Crippen LogP contribution in [0.1, 0.15) is 26.2 Å². The molecule has 0 radical (unpaired) electrons. The first-order valence-electron chi connectivity index (χ1n) is 8.15. The number of hydrogen-bond donors (Lipinski definition) is 2. The Morgan fingerprint density at radius 2 is 1.92 bits per heavy atom. The van der Waals surface area contributed by atoms with Crippen LogP contribution in [0.25, 0.3) is 0 Å². The molecule has 1 aliphatic heterocycles. The van der Waals surface area contributed by atoms with Crippen LogP contribution in [0.3, 0.4) is 0 Å². The van der Waals surface area contributed by atoms with Gasteiger partial charge in [-0.1, -0.05) is 0 Å². The lowest BCUT2D eigenvalue weighted by atomic mass is 9.96. The third kappa shape index (κ3) is 4.55. The molecule has 0 spiro atoms. The number of nitrogens with zero attached hydrogens (tertiary/aromatic N) is 1. The Morgan fingerprint density at radius 1 is 1.24 bits per heavy atom. The van der Waals surface area contributed by atoms with Crippen molar-refractivity contribution in [2.75, 3.05) is 19.7 Å². The van der Waals surface area contributed by atoms with Gasteiger partial charge in [0.2, 0.25) is 0 Å². The molecule has 1 aliphatic carbocycles. The zero-order valence-corrected chi connectivity index (χ0v) is 13.7. The summed E-state index contributed by atoms with van der Waals surface area (Å²) in [7, 11) is 0. The number of halogens is 3. The van der Waals surface area contributed by atoms with Gasteiger partial charge < -0.3 is 20.1 Å². The molecule has 142 valence electrons.